The van der Waals surface area contributed by atoms with Crippen molar-refractivity contribution in [1.82, 2.24) is 4.90 Å². The quantitative estimate of drug-likeness (QED) is 0.0346. The molecule has 5 unspecified atom stereocenters. The summed E-state index contributed by atoms with van der Waals surface area (Å²) in [5.41, 5.74) is -3.81. The molecule has 65 heavy (non-hydrogen) atoms. The average molecular weight is 922 g/mol. The number of nitrogens with zero attached hydrogens (tertiary/aromatic N) is 1. The lowest BCUT2D eigenvalue weighted by Gasteiger charge is -2.57. The lowest BCUT2D eigenvalue weighted by molar-refractivity contribution is -0.167. The van der Waals surface area contributed by atoms with Crippen LogP contribution in [-0.2, 0) is 23.8 Å². The van der Waals surface area contributed by atoms with Gasteiger partial charge in [-0.1, -0.05) is 190 Å². The molecule has 0 saturated heterocycles. The number of carbonyl (C=O) groups excluding carboxylic acids is 2. The van der Waals surface area contributed by atoms with E-state index >= 15 is 8.78 Å². The van der Waals surface area contributed by atoms with Gasteiger partial charge in [0.2, 0.25) is 0 Å². The Labute approximate surface area is 400 Å². The number of unbranched alkanes of at least 4 members (excludes halogenated alkanes) is 18. The van der Waals surface area contributed by atoms with Crippen LogP contribution in [0.2, 0.25) is 0 Å². The van der Waals surface area contributed by atoms with Crippen molar-refractivity contribution >= 4 is 11.9 Å². The van der Waals surface area contributed by atoms with Crippen LogP contribution in [0.3, 0.4) is 0 Å². The van der Waals surface area contributed by atoms with Gasteiger partial charge >= 0.3 is 11.9 Å². The summed E-state index contributed by atoms with van der Waals surface area (Å²) in [5.74, 6) is 0.216. The number of rotatable bonds is 41. The highest BCUT2D eigenvalue weighted by Crippen LogP contribution is 2.61. The van der Waals surface area contributed by atoms with Gasteiger partial charge in [0.05, 0.1) is 32.0 Å². The smallest absolute Gasteiger partial charge is 0.309 e. The van der Waals surface area contributed by atoms with Gasteiger partial charge in [-0.3, -0.25) is 9.59 Å². The summed E-state index contributed by atoms with van der Waals surface area (Å²) in [4.78, 5) is 29.3. The molecule has 2 fully saturated rings. The predicted octanol–water partition coefficient (Wildman–Crippen LogP) is 17.0. The molecule has 0 aliphatic heterocycles. The zero-order valence-electron chi connectivity index (χ0n) is 44.1. The number of halogens is 2. The molecule has 0 aromatic carbocycles. The zero-order chi connectivity index (χ0) is 48.1. The Morgan fingerprint density at radius 3 is 1.48 bits per heavy atom. The van der Waals surface area contributed by atoms with E-state index in [0.717, 1.165) is 116 Å². The molecule has 5 atom stereocenters. The first kappa shape index (κ1) is 59.4. The first-order valence-corrected chi connectivity index (χ1v) is 27.7. The molecule has 0 aromatic heterocycles. The topological polar surface area (TPSA) is 65.1 Å². The van der Waals surface area contributed by atoms with E-state index in [-0.39, 0.29) is 41.7 Å². The van der Waals surface area contributed by atoms with Gasteiger partial charge in [-0.25, -0.2) is 8.78 Å². The number of ether oxygens (including phenoxy) is 3. The Balaban J connectivity index is 2.16. The fourth-order valence-corrected chi connectivity index (χ4v) is 12.0. The van der Waals surface area contributed by atoms with E-state index in [4.69, 9.17) is 14.2 Å². The van der Waals surface area contributed by atoms with E-state index in [2.05, 4.69) is 59.9 Å². The molecule has 0 amide bonds. The molecule has 8 heteroatoms. The number of allylic oxidation sites excluding steroid dienone is 1. The molecule has 2 saturated carbocycles. The van der Waals surface area contributed by atoms with Gasteiger partial charge in [-0.2, -0.15) is 0 Å². The van der Waals surface area contributed by atoms with Crippen LogP contribution < -0.4 is 0 Å². The van der Waals surface area contributed by atoms with Crippen molar-refractivity contribution in [2.75, 3.05) is 39.5 Å². The maximum Gasteiger partial charge on any atom is 0.309 e. The van der Waals surface area contributed by atoms with Gasteiger partial charge in [-0.05, 0) is 90.3 Å². The minimum absolute atomic E-state index is 0.153. The summed E-state index contributed by atoms with van der Waals surface area (Å²) in [6, 6.07) is 0. The highest BCUT2D eigenvalue weighted by molar-refractivity contribution is 5.70. The molecule has 0 spiro atoms. The fraction of sp³-hybridized carbons (Fsp3) is 0.930. The molecule has 6 nitrogen and oxygen atoms in total. The number of alkyl halides is 2. The normalized spacial score (nSPS) is 23.0. The zero-order valence-corrected chi connectivity index (χ0v) is 44.1. The first-order chi connectivity index (χ1) is 31.0. The van der Waals surface area contributed by atoms with Crippen molar-refractivity contribution in [2.24, 2.45) is 22.2 Å². The molecule has 382 valence electrons. The van der Waals surface area contributed by atoms with Gasteiger partial charge in [-0.15, -0.1) is 0 Å². The second-order valence-electron chi connectivity index (χ2n) is 22.8. The third-order valence-electron chi connectivity index (χ3n) is 15.2. The third kappa shape index (κ3) is 26.0. The first-order valence-electron chi connectivity index (χ1n) is 27.7. The SMILES string of the molecule is C=C(CC(C)(F)CCCCCCCCC)OCC1(C)CC2CC(C)(COC(=O)CCCN(CC)CC)CC(COC(=O)CC(F)(CCCCCCCCC)CCCCCCCCC)(C2)C1. The second-order valence-corrected chi connectivity index (χ2v) is 22.8. The molecule has 2 rings (SSSR count). The highest BCUT2D eigenvalue weighted by Gasteiger charge is 2.55. The van der Waals surface area contributed by atoms with Crippen LogP contribution >= 0.6 is 0 Å². The van der Waals surface area contributed by atoms with Crippen LogP contribution in [0.4, 0.5) is 8.78 Å². The van der Waals surface area contributed by atoms with Crippen LogP contribution in [0, 0.1) is 22.2 Å². The Bertz CT molecular complexity index is 1270. The number of hydrogen-bond donors (Lipinski definition) is 0. The lowest BCUT2D eigenvalue weighted by Crippen LogP contribution is -2.52. The van der Waals surface area contributed by atoms with Crippen LogP contribution in [0.15, 0.2) is 12.3 Å². The Kier molecular flexibility index (Phi) is 29.4. The summed E-state index contributed by atoms with van der Waals surface area (Å²) in [5, 5.41) is 0. The number of carbonyl (C=O) groups is 2. The van der Waals surface area contributed by atoms with E-state index in [0.29, 0.717) is 50.6 Å². The van der Waals surface area contributed by atoms with Crippen molar-refractivity contribution in [2.45, 2.75) is 279 Å². The molecule has 2 aliphatic rings. The lowest BCUT2D eigenvalue weighted by atomic mass is 9.49. The maximum atomic E-state index is 16.9. The molecule has 0 N–H and O–H groups in total. The standard InChI is InChI=1S/C57H105F2NO5/c1-10-15-18-21-24-27-30-35-55(9,58)39-49(6)63-46-53(7)40-50-41-54(8,47-64-51(61)34-33-38-60(13-4)14-5)45-56(42-50,44-53)48-65-52(62)43-57(59,36-31-28-25-22-19-16-11-2)37-32-29-26-23-20-17-12-3/h50H,6,10-48H2,1-5,7-9H3. The Morgan fingerprint density at radius 1 is 0.569 bits per heavy atom. The van der Waals surface area contributed by atoms with E-state index in [9.17, 15) is 9.59 Å². The minimum Gasteiger partial charge on any atom is -0.498 e. The largest absolute Gasteiger partial charge is 0.498 e. The Morgan fingerprint density at radius 2 is 1.00 bits per heavy atom. The van der Waals surface area contributed by atoms with Gasteiger partial charge in [0.15, 0.2) is 0 Å². The van der Waals surface area contributed by atoms with Crippen LogP contribution in [0.25, 0.3) is 0 Å². The summed E-state index contributed by atoms with van der Waals surface area (Å²) >= 11 is 0. The van der Waals surface area contributed by atoms with Crippen LogP contribution in [-0.4, -0.2) is 67.6 Å². The molecule has 2 bridgehead atoms. The summed E-state index contributed by atoms with van der Waals surface area (Å²) in [6.45, 7) is 25.1. The van der Waals surface area contributed by atoms with Crippen molar-refractivity contribution in [3.05, 3.63) is 12.3 Å². The monoisotopic (exact) mass is 922 g/mol. The molecule has 2 aliphatic carbocycles. The minimum atomic E-state index is -1.56. The predicted molar refractivity (Wildman–Crippen MR) is 270 cm³/mol. The van der Waals surface area contributed by atoms with Crippen molar-refractivity contribution in [3.8, 4) is 0 Å². The van der Waals surface area contributed by atoms with Crippen molar-refractivity contribution < 1.29 is 32.6 Å². The van der Waals surface area contributed by atoms with Gasteiger partial charge in [0.25, 0.3) is 0 Å². The fourth-order valence-electron chi connectivity index (χ4n) is 12.0. The molecule has 0 radical (unpaired) electrons. The molecule has 0 aromatic rings. The summed E-state index contributed by atoms with van der Waals surface area (Å²) in [7, 11) is 0. The van der Waals surface area contributed by atoms with Crippen molar-refractivity contribution in [3.63, 3.8) is 0 Å². The van der Waals surface area contributed by atoms with Gasteiger partial charge in [0, 0.05) is 29.1 Å². The molecule has 0 heterocycles. The average Bonchev–Trinajstić information content (AvgIpc) is 3.24. The maximum absolute atomic E-state index is 16.9. The number of esters is 2. The molecular weight excluding hydrogens is 817 g/mol. The van der Waals surface area contributed by atoms with Crippen molar-refractivity contribution in [1.29, 1.82) is 0 Å². The molecular formula is C57H105F2NO5. The highest BCUT2D eigenvalue weighted by atomic mass is 19.1. The number of fused-ring (bicyclic) bond motifs is 2. The second kappa shape index (κ2) is 32.2. The third-order valence-corrected chi connectivity index (χ3v) is 15.2. The van der Waals surface area contributed by atoms with Crippen LogP contribution in [0.1, 0.15) is 267 Å². The van der Waals surface area contributed by atoms with E-state index < -0.39 is 17.3 Å². The Hall–Kier alpha value is -1.70. The van der Waals surface area contributed by atoms with E-state index in [1.807, 2.05) is 0 Å². The summed E-state index contributed by atoms with van der Waals surface area (Å²) in [6.07, 6.45) is 30.4. The van der Waals surface area contributed by atoms with E-state index in [1.54, 1.807) is 6.92 Å². The van der Waals surface area contributed by atoms with E-state index in [1.165, 1.54) is 77.0 Å². The van der Waals surface area contributed by atoms with Crippen LogP contribution in [0.5, 0.6) is 0 Å². The van der Waals surface area contributed by atoms with Gasteiger partial charge in [0.1, 0.15) is 11.3 Å². The summed E-state index contributed by atoms with van der Waals surface area (Å²) < 4.78 is 51.4. The number of hydrogen-bond acceptors (Lipinski definition) is 6. The van der Waals surface area contributed by atoms with Gasteiger partial charge < -0.3 is 19.1 Å².